The second-order valence-electron chi connectivity index (χ2n) is 4.28. The van der Waals surface area contributed by atoms with E-state index >= 15 is 0 Å². The van der Waals surface area contributed by atoms with Gasteiger partial charge in [0.2, 0.25) is 0 Å². The molecule has 86 valence electrons. The molecule has 4 nitrogen and oxygen atoms in total. The molecule has 1 saturated carbocycles. The van der Waals surface area contributed by atoms with Gasteiger partial charge < -0.3 is 11.1 Å². The van der Waals surface area contributed by atoms with Crippen LogP contribution in [-0.4, -0.2) is 17.0 Å². The zero-order valence-electron chi connectivity index (χ0n) is 9.43. The Morgan fingerprint density at radius 2 is 2.24 bits per heavy atom. The highest BCUT2D eigenvalue weighted by Crippen LogP contribution is 2.23. The maximum atomic E-state index is 5.81. The summed E-state index contributed by atoms with van der Waals surface area (Å²) in [5.74, 6) is 0.496. The number of hydrogen-bond donors (Lipinski definition) is 2. The molecule has 3 N–H and O–H groups in total. The van der Waals surface area contributed by atoms with Crippen molar-refractivity contribution >= 4 is 22.5 Å². The lowest BCUT2D eigenvalue weighted by molar-refractivity contribution is 1.06. The lowest BCUT2D eigenvalue weighted by Crippen LogP contribution is -2.22. The van der Waals surface area contributed by atoms with Crippen molar-refractivity contribution in [2.75, 3.05) is 5.32 Å². The molecule has 4 heteroatoms. The molecule has 0 spiro atoms. The van der Waals surface area contributed by atoms with Gasteiger partial charge in [-0.15, -0.1) is 0 Å². The molecule has 0 aliphatic heterocycles. The molecule has 1 aromatic heterocycles. The molecule has 1 fully saturated rings. The Kier molecular flexibility index (Phi) is 2.40. The Hall–Kier alpha value is -2.10. The van der Waals surface area contributed by atoms with E-state index in [0.717, 1.165) is 29.4 Å². The van der Waals surface area contributed by atoms with Crippen molar-refractivity contribution in [2.24, 2.45) is 10.7 Å². The molecule has 0 amide bonds. The van der Waals surface area contributed by atoms with E-state index in [0.29, 0.717) is 12.0 Å². The first-order chi connectivity index (χ1) is 8.31. The molecule has 1 aliphatic carbocycles. The van der Waals surface area contributed by atoms with E-state index in [1.54, 1.807) is 6.20 Å². The number of hydrogen-bond acceptors (Lipinski definition) is 2. The van der Waals surface area contributed by atoms with Crippen molar-refractivity contribution < 1.29 is 0 Å². The fourth-order valence-electron chi connectivity index (χ4n) is 1.73. The molecular weight excluding hydrogens is 212 g/mol. The highest BCUT2D eigenvalue weighted by molar-refractivity contribution is 5.94. The predicted octanol–water partition coefficient (Wildman–Crippen LogP) is 2.12. The van der Waals surface area contributed by atoms with E-state index in [9.17, 15) is 0 Å². The van der Waals surface area contributed by atoms with Crippen molar-refractivity contribution in [1.82, 2.24) is 4.98 Å². The Balaban J connectivity index is 1.85. The van der Waals surface area contributed by atoms with Gasteiger partial charge >= 0.3 is 0 Å². The third-order valence-corrected chi connectivity index (χ3v) is 2.74. The number of fused-ring (bicyclic) bond motifs is 1. The average molecular weight is 226 g/mol. The summed E-state index contributed by atoms with van der Waals surface area (Å²) in [5.41, 5.74) is 7.75. The Bertz CT molecular complexity index is 572. The number of aliphatic imine (C=N–C) groups is 1. The van der Waals surface area contributed by atoms with Crippen LogP contribution in [0.25, 0.3) is 10.9 Å². The van der Waals surface area contributed by atoms with Crippen LogP contribution in [0.15, 0.2) is 41.5 Å². The minimum atomic E-state index is 0.435. The third kappa shape index (κ3) is 2.36. The summed E-state index contributed by atoms with van der Waals surface area (Å²) >= 11 is 0. The maximum absolute atomic E-state index is 5.81. The number of pyridine rings is 1. The fourth-order valence-corrected chi connectivity index (χ4v) is 1.73. The predicted molar refractivity (Wildman–Crippen MR) is 70.0 cm³/mol. The molecular formula is C13H14N4. The molecule has 1 heterocycles. The van der Waals surface area contributed by atoms with E-state index in [-0.39, 0.29) is 0 Å². The quantitative estimate of drug-likeness (QED) is 0.609. The van der Waals surface area contributed by atoms with Gasteiger partial charge in [0.15, 0.2) is 5.96 Å². The van der Waals surface area contributed by atoms with Crippen LogP contribution in [0.3, 0.4) is 0 Å². The van der Waals surface area contributed by atoms with Gasteiger partial charge in [-0.2, -0.15) is 0 Å². The smallest absolute Gasteiger partial charge is 0.193 e. The van der Waals surface area contributed by atoms with Gasteiger partial charge in [-0.1, -0.05) is 6.07 Å². The van der Waals surface area contributed by atoms with E-state index in [1.165, 1.54) is 0 Å². The van der Waals surface area contributed by atoms with Crippen LogP contribution in [0.2, 0.25) is 0 Å². The summed E-state index contributed by atoms with van der Waals surface area (Å²) in [6.07, 6.45) is 4.10. The monoisotopic (exact) mass is 226 g/mol. The second-order valence-corrected chi connectivity index (χ2v) is 4.28. The van der Waals surface area contributed by atoms with Crippen LogP contribution in [0.5, 0.6) is 0 Å². The lowest BCUT2D eigenvalue weighted by atomic mass is 10.2. The molecule has 0 bridgehead atoms. The van der Waals surface area contributed by atoms with Crippen LogP contribution in [0, 0.1) is 0 Å². The van der Waals surface area contributed by atoms with Gasteiger partial charge in [0.05, 0.1) is 11.6 Å². The number of nitrogens with two attached hydrogens (primary N) is 1. The van der Waals surface area contributed by atoms with Crippen molar-refractivity contribution in [3.8, 4) is 0 Å². The van der Waals surface area contributed by atoms with E-state index in [2.05, 4.69) is 15.3 Å². The summed E-state index contributed by atoms with van der Waals surface area (Å²) in [5, 5.41) is 4.20. The molecule has 0 unspecified atom stereocenters. The Labute approximate surface area is 99.6 Å². The van der Waals surface area contributed by atoms with E-state index < -0.39 is 0 Å². The summed E-state index contributed by atoms with van der Waals surface area (Å²) in [4.78, 5) is 8.60. The normalized spacial score (nSPS) is 16.1. The number of guanidine groups is 1. The van der Waals surface area contributed by atoms with Gasteiger partial charge in [0, 0.05) is 17.3 Å². The van der Waals surface area contributed by atoms with E-state index in [4.69, 9.17) is 5.73 Å². The molecule has 1 aliphatic rings. The molecule has 17 heavy (non-hydrogen) atoms. The minimum absolute atomic E-state index is 0.435. The number of benzene rings is 1. The number of aromatic nitrogens is 1. The Morgan fingerprint density at radius 1 is 1.35 bits per heavy atom. The van der Waals surface area contributed by atoms with Crippen LogP contribution in [0.1, 0.15) is 12.8 Å². The molecule has 0 saturated heterocycles. The van der Waals surface area contributed by atoms with Gasteiger partial charge in [0.25, 0.3) is 0 Å². The molecule has 0 radical (unpaired) electrons. The third-order valence-electron chi connectivity index (χ3n) is 2.74. The number of rotatable bonds is 2. The lowest BCUT2D eigenvalue weighted by Gasteiger charge is -2.06. The van der Waals surface area contributed by atoms with Crippen molar-refractivity contribution in [2.45, 2.75) is 18.9 Å². The topological polar surface area (TPSA) is 63.3 Å². The van der Waals surface area contributed by atoms with Gasteiger partial charge in [-0.25, -0.2) is 4.99 Å². The first-order valence-electron chi connectivity index (χ1n) is 5.76. The number of nitrogens with zero attached hydrogens (tertiary/aromatic N) is 2. The minimum Gasteiger partial charge on any atom is -0.370 e. The van der Waals surface area contributed by atoms with Crippen molar-refractivity contribution in [1.29, 1.82) is 0 Å². The van der Waals surface area contributed by atoms with E-state index in [1.807, 2.05) is 30.3 Å². The zero-order valence-corrected chi connectivity index (χ0v) is 9.43. The van der Waals surface area contributed by atoms with Crippen LogP contribution in [-0.2, 0) is 0 Å². The highest BCUT2D eigenvalue weighted by atomic mass is 15.1. The van der Waals surface area contributed by atoms with Crippen LogP contribution < -0.4 is 11.1 Å². The Morgan fingerprint density at radius 3 is 3.06 bits per heavy atom. The van der Waals surface area contributed by atoms with Crippen LogP contribution in [0.4, 0.5) is 5.69 Å². The maximum Gasteiger partial charge on any atom is 0.193 e. The van der Waals surface area contributed by atoms with Gasteiger partial charge in [0.1, 0.15) is 0 Å². The first kappa shape index (κ1) is 10.1. The molecule has 3 rings (SSSR count). The second kappa shape index (κ2) is 4.05. The average Bonchev–Trinajstić information content (AvgIpc) is 3.12. The summed E-state index contributed by atoms with van der Waals surface area (Å²) in [6, 6.07) is 10.4. The number of nitrogens with one attached hydrogen (secondary N) is 1. The van der Waals surface area contributed by atoms with Gasteiger partial charge in [-0.05, 0) is 37.1 Å². The molecule has 0 atom stereocenters. The molecule has 2 aromatic rings. The van der Waals surface area contributed by atoms with Crippen LogP contribution >= 0.6 is 0 Å². The summed E-state index contributed by atoms with van der Waals surface area (Å²) in [7, 11) is 0. The van der Waals surface area contributed by atoms with Crippen molar-refractivity contribution in [3.63, 3.8) is 0 Å². The summed E-state index contributed by atoms with van der Waals surface area (Å²) in [6.45, 7) is 0. The highest BCUT2D eigenvalue weighted by Gasteiger charge is 2.20. The standard InChI is InChI=1S/C13H14N4/c14-13(16-10-3-4-10)17-11-5-6-12-9(8-11)2-1-7-15-12/h1-2,5-8,10H,3-4H2,(H3,14,16,17). The fraction of sp³-hybridized carbons (Fsp3) is 0.231. The summed E-state index contributed by atoms with van der Waals surface area (Å²) < 4.78 is 0. The largest absolute Gasteiger partial charge is 0.370 e. The number of anilines is 1. The van der Waals surface area contributed by atoms with Crippen molar-refractivity contribution in [3.05, 3.63) is 36.5 Å². The van der Waals surface area contributed by atoms with Gasteiger partial charge in [-0.3, -0.25) is 4.98 Å². The first-order valence-corrected chi connectivity index (χ1v) is 5.76. The molecule has 1 aromatic carbocycles. The zero-order chi connectivity index (χ0) is 11.7. The SMILES string of the molecule is NC(=NC1CC1)Nc1ccc2ncccc2c1.